The molecular formula is C40H52O4. The van der Waals surface area contributed by atoms with E-state index in [1.807, 2.05) is 74.6 Å². The predicted octanol–water partition coefficient (Wildman–Crippen LogP) is 8.91. The van der Waals surface area contributed by atoms with Gasteiger partial charge in [0.05, 0.1) is 0 Å². The van der Waals surface area contributed by atoms with Gasteiger partial charge in [0, 0.05) is 0 Å². The van der Waals surface area contributed by atoms with Crippen LogP contribution in [0.3, 0.4) is 0 Å². The van der Waals surface area contributed by atoms with Crippen molar-refractivity contribution in [2.75, 3.05) is 0 Å². The van der Waals surface area contributed by atoms with Gasteiger partial charge in [-0.1, -0.05) is 135 Å². The lowest BCUT2D eigenvalue weighted by Crippen LogP contribution is -2.35. The topological polar surface area (TPSA) is 74.6 Å². The summed E-state index contributed by atoms with van der Waals surface area (Å²) in [5, 5.41) is 20.0. The Morgan fingerprint density at radius 3 is 1.20 bits per heavy atom. The number of Topliss-reactive ketones (excluding diaryl/α,β-unsaturated/α-hetero) is 2. The van der Waals surface area contributed by atoms with Crippen LogP contribution >= 0.6 is 0 Å². The summed E-state index contributed by atoms with van der Waals surface area (Å²) in [7, 11) is 0. The number of hydrogen-bond donors (Lipinski definition) is 2. The van der Waals surface area contributed by atoms with Crippen LogP contribution in [-0.2, 0) is 9.59 Å². The maximum absolute atomic E-state index is 12.2. The van der Waals surface area contributed by atoms with Gasteiger partial charge in [0.15, 0.2) is 11.6 Å². The van der Waals surface area contributed by atoms with Crippen LogP contribution in [0.25, 0.3) is 0 Å². The number of ketones is 2. The maximum Gasteiger partial charge on any atom is 0.187 e. The van der Waals surface area contributed by atoms with Crippen LogP contribution in [0.2, 0.25) is 0 Å². The van der Waals surface area contributed by atoms with E-state index in [1.54, 1.807) is 13.8 Å². The first-order chi connectivity index (χ1) is 20.5. The zero-order chi connectivity index (χ0) is 33.2. The van der Waals surface area contributed by atoms with E-state index < -0.39 is 12.2 Å². The highest BCUT2D eigenvalue weighted by Gasteiger charge is 2.37. The number of carbonyl (C=O) groups is 2. The molecule has 4 nitrogen and oxygen atoms in total. The van der Waals surface area contributed by atoms with Gasteiger partial charge in [-0.25, -0.2) is 0 Å². The predicted molar refractivity (Wildman–Crippen MR) is 185 cm³/mol. The third kappa shape index (κ3) is 10.5. The molecule has 4 heteroatoms. The first-order valence-electron chi connectivity index (χ1n) is 15.4. The number of rotatable bonds is 10. The Labute approximate surface area is 265 Å². The molecule has 2 atom stereocenters. The number of aliphatic hydroxyl groups is 2. The van der Waals surface area contributed by atoms with Gasteiger partial charge in [-0.3, -0.25) is 9.59 Å². The molecule has 0 spiro atoms. The second-order valence-electron chi connectivity index (χ2n) is 13.4. The smallest absolute Gasteiger partial charge is 0.187 e. The van der Waals surface area contributed by atoms with Crippen molar-refractivity contribution in [3.63, 3.8) is 0 Å². The second-order valence-corrected chi connectivity index (χ2v) is 13.4. The third-order valence-corrected chi connectivity index (χ3v) is 8.31. The van der Waals surface area contributed by atoms with Crippen LogP contribution in [0, 0.1) is 10.8 Å². The maximum atomic E-state index is 12.2. The summed E-state index contributed by atoms with van der Waals surface area (Å²) >= 11 is 0. The number of hydrogen-bond acceptors (Lipinski definition) is 4. The fourth-order valence-corrected chi connectivity index (χ4v) is 5.62. The molecule has 0 aromatic carbocycles. The first-order valence-corrected chi connectivity index (χ1v) is 15.4. The summed E-state index contributed by atoms with van der Waals surface area (Å²) in [6.07, 6.45) is 27.5. The minimum atomic E-state index is -0.907. The molecule has 0 bridgehead atoms. The molecule has 44 heavy (non-hydrogen) atoms. The Balaban J connectivity index is 1.95. The van der Waals surface area contributed by atoms with Crippen molar-refractivity contribution in [2.45, 2.75) is 94.3 Å². The van der Waals surface area contributed by atoms with Crippen molar-refractivity contribution in [1.29, 1.82) is 0 Å². The lowest BCUT2D eigenvalue weighted by molar-refractivity contribution is -0.126. The second kappa shape index (κ2) is 15.9. The molecule has 0 radical (unpaired) electrons. The van der Waals surface area contributed by atoms with E-state index in [-0.39, 0.29) is 22.4 Å². The first kappa shape index (κ1) is 36.6. The Hall–Kier alpha value is -3.60. The SMILES string of the molecule is CC1=C(/C=C/C(C)=C/C=C/C(C)=C\C=C\C=C(C)\C=C\C=C(C)\C=C\C2=C(C)C(=O)[C@@H](O)CC2(C)C)C(C)(C)C[C@H](O)C1=O. The fourth-order valence-electron chi connectivity index (χ4n) is 5.62. The Bertz CT molecular complexity index is 1340. The molecule has 0 amide bonds. The highest BCUT2D eigenvalue weighted by Crippen LogP contribution is 2.40. The molecule has 2 aliphatic rings. The summed E-state index contributed by atoms with van der Waals surface area (Å²) in [4.78, 5) is 24.5. The van der Waals surface area contributed by atoms with Gasteiger partial charge in [0.1, 0.15) is 12.2 Å². The van der Waals surface area contributed by atoms with Crippen molar-refractivity contribution in [3.05, 3.63) is 130 Å². The summed E-state index contributed by atoms with van der Waals surface area (Å²) in [6, 6.07) is 0. The van der Waals surface area contributed by atoms with Gasteiger partial charge >= 0.3 is 0 Å². The molecule has 0 aromatic heterocycles. The Morgan fingerprint density at radius 2 is 0.864 bits per heavy atom. The molecule has 2 N–H and O–H groups in total. The van der Waals surface area contributed by atoms with Gasteiger partial charge in [0.25, 0.3) is 0 Å². The molecule has 2 aliphatic carbocycles. The largest absolute Gasteiger partial charge is 0.385 e. The fraction of sp³-hybridized carbons (Fsp3) is 0.400. The van der Waals surface area contributed by atoms with Crippen LogP contribution < -0.4 is 0 Å². The quantitative estimate of drug-likeness (QED) is 0.247. The monoisotopic (exact) mass is 596 g/mol. The van der Waals surface area contributed by atoms with Crippen LogP contribution in [-0.4, -0.2) is 34.0 Å². The van der Waals surface area contributed by atoms with Crippen molar-refractivity contribution >= 4 is 11.6 Å². The van der Waals surface area contributed by atoms with Crippen molar-refractivity contribution in [2.24, 2.45) is 10.8 Å². The lowest BCUT2D eigenvalue weighted by Gasteiger charge is -2.34. The minimum absolute atomic E-state index is 0.175. The van der Waals surface area contributed by atoms with Gasteiger partial charge in [0.2, 0.25) is 0 Å². The standard InChI is InChI=1S/C40H52O4/c1-27(17-13-19-29(3)21-23-33-31(5)37(43)35(41)25-39(33,7)8)15-11-12-16-28(2)18-14-20-30(4)22-24-34-32(6)38(44)36(42)26-40(34,9)10/h11-24,35-36,41-42H,25-26H2,1-10H3/b12-11+,17-13+,18-14+,23-21+,24-22+,27-15-,28-16+,29-19+,30-20+/t35-,36-/m0/s1. The zero-order valence-electron chi connectivity index (χ0n) is 28.4. The normalized spacial score (nSPS) is 24.5. The van der Waals surface area contributed by atoms with Crippen molar-refractivity contribution in [3.8, 4) is 0 Å². The van der Waals surface area contributed by atoms with Gasteiger partial charge < -0.3 is 10.2 Å². The highest BCUT2D eigenvalue weighted by atomic mass is 16.3. The minimum Gasteiger partial charge on any atom is -0.385 e. The van der Waals surface area contributed by atoms with E-state index in [0.717, 1.165) is 33.4 Å². The number of carbonyl (C=O) groups excluding carboxylic acids is 2. The highest BCUT2D eigenvalue weighted by molar-refractivity contribution is 6.01. The van der Waals surface area contributed by atoms with Gasteiger partial charge in [-0.05, 0) is 87.5 Å². The molecule has 0 unspecified atom stereocenters. The van der Waals surface area contributed by atoms with Gasteiger partial charge in [-0.2, -0.15) is 0 Å². The van der Waals surface area contributed by atoms with Crippen molar-refractivity contribution in [1.82, 2.24) is 0 Å². The number of aliphatic hydroxyl groups excluding tert-OH is 2. The molecule has 236 valence electrons. The van der Waals surface area contributed by atoms with Crippen molar-refractivity contribution < 1.29 is 19.8 Å². The van der Waals surface area contributed by atoms with Crippen LogP contribution in [0.5, 0.6) is 0 Å². The van der Waals surface area contributed by atoms with E-state index in [9.17, 15) is 19.8 Å². The summed E-state index contributed by atoms with van der Waals surface area (Å²) in [5.74, 6) is -0.350. The molecule has 0 heterocycles. The average molecular weight is 597 g/mol. The molecule has 0 fully saturated rings. The van der Waals surface area contributed by atoms with E-state index in [0.29, 0.717) is 24.0 Å². The zero-order valence-corrected chi connectivity index (χ0v) is 28.4. The van der Waals surface area contributed by atoms with Gasteiger partial charge in [-0.15, -0.1) is 0 Å². The molecule has 0 aromatic rings. The van der Waals surface area contributed by atoms with Crippen LogP contribution in [0.4, 0.5) is 0 Å². The molecular weight excluding hydrogens is 544 g/mol. The van der Waals surface area contributed by atoms with Crippen LogP contribution in [0.1, 0.15) is 82.1 Å². The van der Waals surface area contributed by atoms with E-state index >= 15 is 0 Å². The molecule has 0 saturated heterocycles. The number of allylic oxidation sites excluding steroid dienone is 20. The van der Waals surface area contributed by atoms with E-state index in [2.05, 4.69) is 65.8 Å². The van der Waals surface area contributed by atoms with E-state index in [4.69, 9.17) is 0 Å². The summed E-state index contributed by atoms with van der Waals surface area (Å²) in [6.45, 7) is 20.0. The summed E-state index contributed by atoms with van der Waals surface area (Å²) < 4.78 is 0. The molecule has 0 saturated carbocycles. The third-order valence-electron chi connectivity index (χ3n) is 8.31. The Kier molecular flexibility index (Phi) is 13.2. The van der Waals surface area contributed by atoms with Crippen LogP contribution in [0.15, 0.2) is 130 Å². The Morgan fingerprint density at radius 1 is 0.568 bits per heavy atom. The molecule has 2 rings (SSSR count). The summed E-state index contributed by atoms with van der Waals surface area (Å²) in [5.41, 5.74) is 7.16. The lowest BCUT2D eigenvalue weighted by atomic mass is 9.71. The molecule has 0 aliphatic heterocycles. The average Bonchev–Trinajstić information content (AvgIpc) is 2.92. The van der Waals surface area contributed by atoms with E-state index in [1.165, 1.54) is 0 Å².